The van der Waals surface area contributed by atoms with Gasteiger partial charge in [0.15, 0.2) is 0 Å². The molecule has 0 saturated heterocycles. The largest absolute Gasteiger partial charge is 0.224 e. The smallest absolute Gasteiger partial charge is 0.147 e. The molecule has 0 aliphatic rings. The molecule has 1 heterocycles. The van der Waals surface area contributed by atoms with Crippen molar-refractivity contribution in [1.29, 1.82) is 0 Å². The highest BCUT2D eigenvalue weighted by atomic mass is 32.1. The van der Waals surface area contributed by atoms with Crippen molar-refractivity contribution in [3.63, 3.8) is 0 Å². The normalized spacial score (nSPS) is 12.5. The molecule has 0 saturated carbocycles. The van der Waals surface area contributed by atoms with Gasteiger partial charge in [0, 0.05) is 11.3 Å². The second-order valence-corrected chi connectivity index (χ2v) is 5.14. The first-order valence-corrected chi connectivity index (χ1v) is 5.02. The minimum Gasteiger partial charge on any atom is -0.224 e. The van der Waals surface area contributed by atoms with Crippen LogP contribution in [0.25, 0.3) is 0 Å². The van der Waals surface area contributed by atoms with Crippen LogP contribution in [-0.4, -0.2) is 9.36 Å². The SMILES string of the molecule is CC(C)c1nc(C(C)(C)C)ns1. The van der Waals surface area contributed by atoms with Crippen LogP contribution in [0.4, 0.5) is 0 Å². The molecule has 0 aliphatic carbocycles. The van der Waals surface area contributed by atoms with Gasteiger partial charge in [-0.25, -0.2) is 4.98 Å². The molecule has 0 spiro atoms. The van der Waals surface area contributed by atoms with E-state index in [2.05, 4.69) is 44.0 Å². The third kappa shape index (κ3) is 2.03. The molecule has 0 atom stereocenters. The molecule has 0 fully saturated rings. The van der Waals surface area contributed by atoms with Gasteiger partial charge in [-0.15, -0.1) is 0 Å². The molecule has 1 aromatic heterocycles. The fraction of sp³-hybridized carbons (Fsp3) is 0.778. The molecule has 0 aliphatic heterocycles. The Hall–Kier alpha value is -0.440. The highest BCUT2D eigenvalue weighted by molar-refractivity contribution is 7.05. The third-order valence-corrected chi connectivity index (χ3v) is 2.62. The molecule has 1 aromatic rings. The summed E-state index contributed by atoms with van der Waals surface area (Å²) in [5, 5.41) is 1.14. The van der Waals surface area contributed by atoms with Crippen LogP contribution in [-0.2, 0) is 5.41 Å². The van der Waals surface area contributed by atoms with E-state index in [4.69, 9.17) is 0 Å². The first-order chi connectivity index (χ1) is 5.41. The van der Waals surface area contributed by atoms with E-state index in [1.807, 2.05) is 0 Å². The van der Waals surface area contributed by atoms with Crippen molar-refractivity contribution in [3.05, 3.63) is 10.8 Å². The number of hydrogen-bond acceptors (Lipinski definition) is 3. The predicted molar refractivity (Wildman–Crippen MR) is 52.7 cm³/mol. The molecule has 12 heavy (non-hydrogen) atoms. The first-order valence-electron chi connectivity index (χ1n) is 4.25. The van der Waals surface area contributed by atoms with Gasteiger partial charge in [-0.05, 0) is 11.5 Å². The minimum absolute atomic E-state index is 0.0869. The quantitative estimate of drug-likeness (QED) is 0.670. The van der Waals surface area contributed by atoms with Gasteiger partial charge in [0.1, 0.15) is 10.8 Å². The molecule has 0 unspecified atom stereocenters. The molecule has 0 bridgehead atoms. The number of aromatic nitrogens is 2. The van der Waals surface area contributed by atoms with E-state index in [9.17, 15) is 0 Å². The summed E-state index contributed by atoms with van der Waals surface area (Å²) in [5.74, 6) is 1.47. The van der Waals surface area contributed by atoms with Gasteiger partial charge in [0.25, 0.3) is 0 Å². The number of hydrogen-bond donors (Lipinski definition) is 0. The van der Waals surface area contributed by atoms with Crippen molar-refractivity contribution in [2.24, 2.45) is 0 Å². The van der Waals surface area contributed by atoms with Crippen molar-refractivity contribution in [2.75, 3.05) is 0 Å². The van der Waals surface area contributed by atoms with Crippen LogP contribution in [0.15, 0.2) is 0 Å². The van der Waals surface area contributed by atoms with Crippen molar-refractivity contribution in [1.82, 2.24) is 9.36 Å². The summed E-state index contributed by atoms with van der Waals surface area (Å²) < 4.78 is 4.34. The summed E-state index contributed by atoms with van der Waals surface area (Å²) in [4.78, 5) is 4.49. The van der Waals surface area contributed by atoms with E-state index < -0.39 is 0 Å². The van der Waals surface area contributed by atoms with E-state index in [-0.39, 0.29) is 5.41 Å². The Morgan fingerprint density at radius 2 is 1.83 bits per heavy atom. The lowest BCUT2D eigenvalue weighted by Gasteiger charge is -2.12. The van der Waals surface area contributed by atoms with Gasteiger partial charge in [-0.1, -0.05) is 34.6 Å². The molecular formula is C9H16N2S. The summed E-state index contributed by atoms with van der Waals surface area (Å²) in [6, 6.07) is 0. The fourth-order valence-electron chi connectivity index (χ4n) is 0.774. The summed E-state index contributed by atoms with van der Waals surface area (Å²) in [6.45, 7) is 10.7. The van der Waals surface area contributed by atoms with Crippen molar-refractivity contribution < 1.29 is 0 Å². The maximum atomic E-state index is 4.49. The zero-order valence-corrected chi connectivity index (χ0v) is 9.20. The highest BCUT2D eigenvalue weighted by Gasteiger charge is 2.19. The Balaban J connectivity index is 2.92. The molecule has 1 rings (SSSR count). The van der Waals surface area contributed by atoms with Crippen molar-refractivity contribution in [3.8, 4) is 0 Å². The van der Waals surface area contributed by atoms with Gasteiger partial charge in [-0.3, -0.25) is 0 Å². The van der Waals surface area contributed by atoms with Crippen LogP contribution < -0.4 is 0 Å². The Morgan fingerprint density at radius 3 is 2.08 bits per heavy atom. The van der Waals surface area contributed by atoms with E-state index >= 15 is 0 Å². The molecule has 68 valence electrons. The number of nitrogens with zero attached hydrogens (tertiary/aromatic N) is 2. The Kier molecular flexibility index (Phi) is 2.52. The Labute approximate surface area is 78.2 Å². The summed E-state index contributed by atoms with van der Waals surface area (Å²) in [5.41, 5.74) is 0.0869. The lowest BCUT2D eigenvalue weighted by atomic mass is 9.96. The monoisotopic (exact) mass is 184 g/mol. The molecule has 0 aromatic carbocycles. The van der Waals surface area contributed by atoms with E-state index in [0.717, 1.165) is 10.8 Å². The van der Waals surface area contributed by atoms with E-state index in [1.165, 1.54) is 11.5 Å². The van der Waals surface area contributed by atoms with Crippen LogP contribution in [0.1, 0.15) is 51.4 Å². The van der Waals surface area contributed by atoms with Gasteiger partial charge >= 0.3 is 0 Å². The lowest BCUT2D eigenvalue weighted by Crippen LogP contribution is -2.13. The summed E-state index contributed by atoms with van der Waals surface area (Å²) in [7, 11) is 0. The zero-order valence-electron chi connectivity index (χ0n) is 8.38. The predicted octanol–water partition coefficient (Wildman–Crippen LogP) is 2.96. The molecule has 0 N–H and O–H groups in total. The standard InChI is InChI=1S/C9H16N2S/c1-6(2)7-10-8(11-12-7)9(3,4)5/h6H,1-5H3. The Morgan fingerprint density at radius 1 is 1.25 bits per heavy atom. The summed E-state index contributed by atoms with van der Waals surface area (Å²) in [6.07, 6.45) is 0. The Bertz CT molecular complexity index is 258. The van der Waals surface area contributed by atoms with Crippen LogP contribution in [0.3, 0.4) is 0 Å². The van der Waals surface area contributed by atoms with E-state index in [0.29, 0.717) is 5.92 Å². The molecule has 2 nitrogen and oxygen atoms in total. The van der Waals surface area contributed by atoms with Gasteiger partial charge < -0.3 is 0 Å². The summed E-state index contributed by atoms with van der Waals surface area (Å²) >= 11 is 1.52. The van der Waals surface area contributed by atoms with Crippen LogP contribution in [0, 0.1) is 0 Å². The average Bonchev–Trinajstić information content (AvgIpc) is 2.30. The molecule has 0 radical (unpaired) electrons. The topological polar surface area (TPSA) is 25.8 Å². The number of rotatable bonds is 1. The second-order valence-electron chi connectivity index (χ2n) is 4.36. The maximum Gasteiger partial charge on any atom is 0.147 e. The first kappa shape index (κ1) is 9.65. The molecule has 3 heteroatoms. The molecule has 0 amide bonds. The lowest BCUT2D eigenvalue weighted by molar-refractivity contribution is 0.551. The van der Waals surface area contributed by atoms with Crippen molar-refractivity contribution in [2.45, 2.75) is 46.0 Å². The van der Waals surface area contributed by atoms with E-state index in [1.54, 1.807) is 0 Å². The van der Waals surface area contributed by atoms with Gasteiger partial charge in [0.2, 0.25) is 0 Å². The van der Waals surface area contributed by atoms with Gasteiger partial charge in [0.05, 0.1) is 0 Å². The van der Waals surface area contributed by atoms with Crippen LogP contribution in [0.2, 0.25) is 0 Å². The van der Waals surface area contributed by atoms with Crippen LogP contribution >= 0.6 is 11.5 Å². The second kappa shape index (κ2) is 3.13. The van der Waals surface area contributed by atoms with Gasteiger partial charge in [-0.2, -0.15) is 4.37 Å². The van der Waals surface area contributed by atoms with Crippen molar-refractivity contribution >= 4 is 11.5 Å². The molecular weight excluding hydrogens is 168 g/mol. The zero-order chi connectivity index (χ0) is 9.35. The van der Waals surface area contributed by atoms with Crippen LogP contribution in [0.5, 0.6) is 0 Å². The highest BCUT2D eigenvalue weighted by Crippen LogP contribution is 2.23. The average molecular weight is 184 g/mol. The third-order valence-electron chi connectivity index (χ3n) is 1.61. The maximum absolute atomic E-state index is 4.49. The minimum atomic E-state index is 0.0869. The fourth-order valence-corrected chi connectivity index (χ4v) is 1.61.